The average molecular weight is 458 g/mol. The Balaban J connectivity index is 1.85. The maximum atomic E-state index is 13.1. The summed E-state index contributed by atoms with van der Waals surface area (Å²) in [5, 5.41) is 11.5. The zero-order valence-corrected chi connectivity index (χ0v) is 18.6. The standard InChI is InChI=1S/C24H24ClNO6/c1-30-16-6-3-5-14(11-16)21-20(22(27)15-8-9-18(25)19(12-15)31-2)23(28)24(29)26(21)13-17-7-4-10-32-17/h3,5-6,8-9,11-12,17,21,27H,4,7,10,13H2,1-2H3/b22-20-. The third-order valence-electron chi connectivity index (χ3n) is 5.80. The van der Waals surface area contributed by atoms with Crippen molar-refractivity contribution in [2.75, 3.05) is 27.4 Å². The lowest BCUT2D eigenvalue weighted by atomic mass is 9.95. The molecule has 2 atom stereocenters. The van der Waals surface area contributed by atoms with Crippen LogP contribution in [0.3, 0.4) is 0 Å². The molecule has 2 aliphatic rings. The number of halogens is 1. The minimum absolute atomic E-state index is 0.00521. The van der Waals surface area contributed by atoms with E-state index in [2.05, 4.69) is 0 Å². The van der Waals surface area contributed by atoms with E-state index >= 15 is 0 Å². The van der Waals surface area contributed by atoms with E-state index in [1.165, 1.54) is 18.1 Å². The van der Waals surface area contributed by atoms with Gasteiger partial charge in [0.25, 0.3) is 11.7 Å². The minimum Gasteiger partial charge on any atom is -0.507 e. The molecule has 32 heavy (non-hydrogen) atoms. The molecule has 2 unspecified atom stereocenters. The number of hydrogen-bond acceptors (Lipinski definition) is 6. The Bertz CT molecular complexity index is 1080. The summed E-state index contributed by atoms with van der Waals surface area (Å²) in [6.45, 7) is 0.885. The number of aliphatic hydroxyl groups is 1. The Morgan fingerprint density at radius 1 is 1.19 bits per heavy atom. The third kappa shape index (κ3) is 4.06. The predicted molar refractivity (Wildman–Crippen MR) is 119 cm³/mol. The van der Waals surface area contributed by atoms with Gasteiger partial charge in [-0.05, 0) is 48.7 Å². The van der Waals surface area contributed by atoms with Crippen molar-refractivity contribution in [1.29, 1.82) is 0 Å². The molecule has 0 aliphatic carbocycles. The summed E-state index contributed by atoms with van der Waals surface area (Å²) >= 11 is 6.11. The number of carbonyl (C=O) groups excluding carboxylic acids is 2. The molecular weight excluding hydrogens is 434 g/mol. The molecular formula is C24H24ClNO6. The van der Waals surface area contributed by atoms with Crippen molar-refractivity contribution in [1.82, 2.24) is 4.90 Å². The van der Waals surface area contributed by atoms with E-state index in [-0.39, 0.29) is 24.0 Å². The van der Waals surface area contributed by atoms with E-state index < -0.39 is 17.7 Å². The first-order valence-electron chi connectivity index (χ1n) is 10.3. The molecule has 2 fully saturated rings. The van der Waals surface area contributed by atoms with Gasteiger partial charge in [0.15, 0.2) is 0 Å². The first-order chi connectivity index (χ1) is 15.4. The molecule has 2 aromatic rings. The second kappa shape index (κ2) is 9.22. The Morgan fingerprint density at radius 3 is 2.69 bits per heavy atom. The largest absolute Gasteiger partial charge is 0.507 e. The number of amides is 1. The van der Waals surface area contributed by atoms with Crippen LogP contribution in [0.5, 0.6) is 11.5 Å². The monoisotopic (exact) mass is 457 g/mol. The highest BCUT2D eigenvalue weighted by atomic mass is 35.5. The van der Waals surface area contributed by atoms with Crippen molar-refractivity contribution < 1.29 is 28.9 Å². The highest BCUT2D eigenvalue weighted by Gasteiger charge is 2.47. The number of benzene rings is 2. The van der Waals surface area contributed by atoms with Crippen LogP contribution < -0.4 is 9.47 Å². The van der Waals surface area contributed by atoms with E-state index in [1.54, 1.807) is 43.5 Å². The van der Waals surface area contributed by atoms with Crippen LogP contribution in [0.25, 0.3) is 5.76 Å². The summed E-state index contributed by atoms with van der Waals surface area (Å²) in [5.41, 5.74) is 0.990. The molecule has 8 heteroatoms. The fourth-order valence-corrected chi connectivity index (χ4v) is 4.39. The maximum absolute atomic E-state index is 13.1. The second-order valence-electron chi connectivity index (χ2n) is 7.71. The lowest BCUT2D eigenvalue weighted by Crippen LogP contribution is -2.36. The molecule has 0 radical (unpaired) electrons. The van der Waals surface area contributed by atoms with Gasteiger partial charge in [-0.3, -0.25) is 9.59 Å². The molecule has 0 saturated carbocycles. The third-order valence-corrected chi connectivity index (χ3v) is 6.11. The minimum atomic E-state index is -0.782. The lowest BCUT2D eigenvalue weighted by molar-refractivity contribution is -0.140. The van der Waals surface area contributed by atoms with Crippen LogP contribution in [-0.4, -0.2) is 55.2 Å². The van der Waals surface area contributed by atoms with Crippen LogP contribution in [0.1, 0.15) is 30.0 Å². The molecule has 2 saturated heterocycles. The topological polar surface area (TPSA) is 85.3 Å². The smallest absolute Gasteiger partial charge is 0.295 e. The Morgan fingerprint density at radius 2 is 2.00 bits per heavy atom. The van der Waals surface area contributed by atoms with Gasteiger partial charge in [-0.2, -0.15) is 0 Å². The number of carbonyl (C=O) groups is 2. The number of nitrogens with zero attached hydrogens (tertiary/aromatic N) is 1. The summed E-state index contributed by atoms with van der Waals surface area (Å²) in [7, 11) is 3.00. The lowest BCUT2D eigenvalue weighted by Gasteiger charge is -2.27. The van der Waals surface area contributed by atoms with E-state index in [9.17, 15) is 14.7 Å². The van der Waals surface area contributed by atoms with Gasteiger partial charge >= 0.3 is 0 Å². The van der Waals surface area contributed by atoms with Crippen LogP contribution >= 0.6 is 11.6 Å². The van der Waals surface area contributed by atoms with Crippen LogP contribution in [0.4, 0.5) is 0 Å². The Hall–Kier alpha value is -3.03. The molecule has 0 spiro atoms. The summed E-state index contributed by atoms with van der Waals surface area (Å²) < 4.78 is 16.3. The number of ether oxygens (including phenoxy) is 3. The van der Waals surface area contributed by atoms with Crippen molar-refractivity contribution in [2.24, 2.45) is 0 Å². The van der Waals surface area contributed by atoms with E-state index in [1.807, 2.05) is 0 Å². The molecule has 1 amide bonds. The predicted octanol–water partition coefficient (Wildman–Crippen LogP) is 3.96. The zero-order chi connectivity index (χ0) is 22.8. The quantitative estimate of drug-likeness (QED) is 0.401. The van der Waals surface area contributed by atoms with Crippen molar-refractivity contribution in [3.8, 4) is 11.5 Å². The molecule has 0 bridgehead atoms. The number of hydrogen-bond donors (Lipinski definition) is 1. The maximum Gasteiger partial charge on any atom is 0.295 e. The molecule has 168 valence electrons. The summed E-state index contributed by atoms with van der Waals surface area (Å²) in [6.07, 6.45) is 1.56. The number of methoxy groups -OCH3 is 2. The highest BCUT2D eigenvalue weighted by molar-refractivity contribution is 6.46. The molecule has 1 N–H and O–H groups in total. The SMILES string of the molecule is COc1cccc(C2/C(=C(/O)c3ccc(Cl)c(OC)c3)C(=O)C(=O)N2CC2CCCO2)c1. The van der Waals surface area contributed by atoms with Gasteiger partial charge in [0.05, 0.1) is 37.0 Å². The normalized spacial score (nSPS) is 22.4. The van der Waals surface area contributed by atoms with E-state index in [0.29, 0.717) is 34.3 Å². The van der Waals surface area contributed by atoms with Crippen molar-refractivity contribution >= 4 is 29.1 Å². The Kier molecular flexibility index (Phi) is 6.39. The zero-order valence-electron chi connectivity index (χ0n) is 17.8. The summed E-state index contributed by atoms with van der Waals surface area (Å²) in [4.78, 5) is 27.7. The molecule has 2 heterocycles. The second-order valence-corrected chi connectivity index (χ2v) is 8.12. The van der Waals surface area contributed by atoms with Crippen LogP contribution in [-0.2, 0) is 14.3 Å². The summed E-state index contributed by atoms with van der Waals surface area (Å²) in [6, 6.07) is 11.0. The van der Waals surface area contributed by atoms with Gasteiger partial charge in [-0.25, -0.2) is 0 Å². The van der Waals surface area contributed by atoms with Crippen molar-refractivity contribution in [2.45, 2.75) is 25.0 Å². The molecule has 7 nitrogen and oxygen atoms in total. The summed E-state index contributed by atoms with van der Waals surface area (Å²) in [5.74, 6) is -0.778. The van der Waals surface area contributed by atoms with Gasteiger partial charge in [-0.1, -0.05) is 23.7 Å². The highest BCUT2D eigenvalue weighted by Crippen LogP contribution is 2.41. The van der Waals surface area contributed by atoms with Crippen LogP contribution in [0, 0.1) is 0 Å². The van der Waals surface area contributed by atoms with Gasteiger partial charge in [-0.15, -0.1) is 0 Å². The number of rotatable bonds is 6. The van der Waals surface area contributed by atoms with Gasteiger partial charge in [0, 0.05) is 18.7 Å². The first kappa shape index (κ1) is 22.2. The molecule has 2 aromatic carbocycles. The van der Waals surface area contributed by atoms with Gasteiger partial charge in [0.1, 0.15) is 17.3 Å². The van der Waals surface area contributed by atoms with E-state index in [0.717, 1.165) is 12.8 Å². The number of ketones is 1. The molecule has 4 rings (SSSR count). The number of likely N-dealkylation sites (tertiary alicyclic amines) is 1. The first-order valence-corrected chi connectivity index (χ1v) is 10.7. The fourth-order valence-electron chi connectivity index (χ4n) is 4.20. The number of Topliss-reactive ketones (excluding diaryl/α,β-unsaturated/α-hetero) is 1. The average Bonchev–Trinajstić information content (AvgIpc) is 3.41. The van der Waals surface area contributed by atoms with Crippen LogP contribution in [0.2, 0.25) is 5.02 Å². The van der Waals surface area contributed by atoms with Gasteiger partial charge < -0.3 is 24.2 Å². The van der Waals surface area contributed by atoms with Crippen LogP contribution in [0.15, 0.2) is 48.0 Å². The Labute approximate surface area is 191 Å². The van der Waals surface area contributed by atoms with Crippen molar-refractivity contribution in [3.63, 3.8) is 0 Å². The fraction of sp³-hybridized carbons (Fsp3) is 0.333. The van der Waals surface area contributed by atoms with Crippen molar-refractivity contribution in [3.05, 3.63) is 64.2 Å². The molecule has 0 aromatic heterocycles. The number of aliphatic hydroxyl groups excluding tert-OH is 1. The van der Waals surface area contributed by atoms with E-state index in [4.69, 9.17) is 25.8 Å². The molecule has 2 aliphatic heterocycles. The van der Waals surface area contributed by atoms with Gasteiger partial charge in [0.2, 0.25) is 0 Å².